The Kier molecular flexibility index (Phi) is 4.14. The molecule has 0 radical (unpaired) electrons. The molecule has 1 aliphatic carbocycles. The lowest BCUT2D eigenvalue weighted by molar-refractivity contribution is -0.200. The number of amidine groups is 1. The van der Waals surface area contributed by atoms with Crippen LogP contribution in [0.4, 0.5) is 13.2 Å². The summed E-state index contributed by atoms with van der Waals surface area (Å²) in [5.41, 5.74) is -2.94. The van der Waals surface area contributed by atoms with E-state index in [0.29, 0.717) is 18.4 Å². The van der Waals surface area contributed by atoms with E-state index in [0.717, 1.165) is 4.90 Å². The van der Waals surface area contributed by atoms with Crippen LogP contribution in [0.1, 0.15) is 18.4 Å². The summed E-state index contributed by atoms with van der Waals surface area (Å²) in [6.45, 7) is 3.33. The second-order valence-electron chi connectivity index (χ2n) is 5.98. The summed E-state index contributed by atoms with van der Waals surface area (Å²) in [5.74, 6) is -2.76. The topological polar surface area (TPSA) is 61.8 Å². The predicted molar refractivity (Wildman–Crippen MR) is 84.5 cm³/mol. The van der Waals surface area contributed by atoms with E-state index in [9.17, 15) is 22.8 Å². The van der Waals surface area contributed by atoms with Gasteiger partial charge in [0.05, 0.1) is 0 Å². The summed E-state index contributed by atoms with van der Waals surface area (Å²) in [5, 5.41) is 1.86. The molecule has 132 valence electrons. The first kappa shape index (κ1) is 17.2. The number of carbonyl (C=O) groups is 2. The Balaban J connectivity index is 2.09. The number of benzene rings is 1. The fourth-order valence-corrected chi connectivity index (χ4v) is 2.63. The third kappa shape index (κ3) is 2.92. The van der Waals surface area contributed by atoms with E-state index in [4.69, 9.17) is 0 Å². The van der Waals surface area contributed by atoms with Gasteiger partial charge < -0.3 is 5.32 Å². The quantitative estimate of drug-likeness (QED) is 0.827. The smallest absolute Gasteiger partial charge is 0.316 e. The Morgan fingerprint density at radius 2 is 2.00 bits per heavy atom. The molecule has 1 aromatic rings. The second kappa shape index (κ2) is 6.02. The molecule has 1 fully saturated rings. The van der Waals surface area contributed by atoms with Gasteiger partial charge in [0.1, 0.15) is 5.84 Å². The normalized spacial score (nSPS) is 23.4. The first-order valence-electron chi connectivity index (χ1n) is 7.77. The lowest BCUT2D eigenvalue weighted by Gasteiger charge is -2.28. The van der Waals surface area contributed by atoms with Gasteiger partial charge in [0, 0.05) is 18.0 Å². The van der Waals surface area contributed by atoms with Crippen LogP contribution in [0, 0.1) is 5.92 Å². The molecule has 1 aliphatic heterocycles. The predicted octanol–water partition coefficient (Wildman–Crippen LogP) is 2.25. The van der Waals surface area contributed by atoms with E-state index >= 15 is 0 Å². The van der Waals surface area contributed by atoms with Crippen LogP contribution < -0.4 is 5.32 Å². The molecule has 1 saturated carbocycles. The largest absolute Gasteiger partial charge is 0.442 e. The number of hydrogen-bond donors (Lipinski definition) is 1. The number of aliphatic imine (C=N–C) groups is 1. The zero-order valence-electron chi connectivity index (χ0n) is 13.2. The van der Waals surface area contributed by atoms with Crippen molar-refractivity contribution in [1.29, 1.82) is 0 Å². The summed E-state index contributed by atoms with van der Waals surface area (Å²) < 4.78 is 41.5. The van der Waals surface area contributed by atoms with E-state index in [1.165, 1.54) is 6.08 Å². The van der Waals surface area contributed by atoms with Crippen LogP contribution in [-0.4, -0.2) is 40.9 Å². The van der Waals surface area contributed by atoms with Gasteiger partial charge in [0.2, 0.25) is 5.91 Å². The third-order valence-electron chi connectivity index (χ3n) is 4.09. The molecule has 0 bridgehead atoms. The summed E-state index contributed by atoms with van der Waals surface area (Å²) in [4.78, 5) is 29.2. The first-order chi connectivity index (χ1) is 11.8. The van der Waals surface area contributed by atoms with Crippen molar-refractivity contribution < 1.29 is 22.8 Å². The minimum atomic E-state index is -5.06. The van der Waals surface area contributed by atoms with Crippen LogP contribution in [-0.2, 0) is 9.59 Å². The molecule has 5 nitrogen and oxygen atoms in total. The maximum Gasteiger partial charge on any atom is 0.442 e. The van der Waals surface area contributed by atoms with Crippen molar-refractivity contribution in [2.75, 3.05) is 6.54 Å². The minimum absolute atomic E-state index is 0.140. The third-order valence-corrected chi connectivity index (χ3v) is 4.09. The number of carbonyl (C=O) groups excluding carboxylic acids is 2. The molecule has 2 aliphatic rings. The molecule has 2 amide bonds. The molecule has 0 saturated heterocycles. The SMILES string of the molecule is C=CCN1C(=O)C(NC(=O)C2CC2)(C(F)(F)F)N=C1c1ccccc1. The Hall–Kier alpha value is -2.64. The van der Waals surface area contributed by atoms with E-state index in [2.05, 4.69) is 11.6 Å². The van der Waals surface area contributed by atoms with Gasteiger partial charge in [0.25, 0.3) is 5.91 Å². The molecular formula is C17H16F3N3O2. The second-order valence-corrected chi connectivity index (χ2v) is 5.98. The molecule has 1 aromatic carbocycles. The number of nitrogens with zero attached hydrogens (tertiary/aromatic N) is 2. The monoisotopic (exact) mass is 351 g/mol. The van der Waals surface area contributed by atoms with E-state index in [-0.39, 0.29) is 12.4 Å². The van der Waals surface area contributed by atoms with Crippen LogP contribution in [0.25, 0.3) is 0 Å². The summed E-state index contributed by atoms with van der Waals surface area (Å²) in [7, 11) is 0. The Labute approximate surface area is 142 Å². The lowest BCUT2D eigenvalue weighted by Crippen LogP contribution is -2.63. The van der Waals surface area contributed by atoms with Crippen LogP contribution in [0.3, 0.4) is 0 Å². The summed E-state index contributed by atoms with van der Waals surface area (Å²) in [6, 6.07) is 8.06. The Morgan fingerprint density at radius 3 is 2.52 bits per heavy atom. The fraction of sp³-hybridized carbons (Fsp3) is 0.353. The zero-order chi connectivity index (χ0) is 18.2. The highest BCUT2D eigenvalue weighted by atomic mass is 19.4. The van der Waals surface area contributed by atoms with Gasteiger partial charge in [-0.3, -0.25) is 14.5 Å². The molecule has 0 spiro atoms. The number of rotatable bonds is 5. The zero-order valence-corrected chi connectivity index (χ0v) is 13.2. The number of amides is 2. The average molecular weight is 351 g/mol. The first-order valence-corrected chi connectivity index (χ1v) is 7.77. The molecule has 3 rings (SSSR count). The molecule has 25 heavy (non-hydrogen) atoms. The minimum Gasteiger partial charge on any atom is -0.316 e. The van der Waals surface area contributed by atoms with E-state index < -0.39 is 29.6 Å². The van der Waals surface area contributed by atoms with E-state index in [1.807, 2.05) is 5.32 Å². The maximum atomic E-state index is 13.8. The molecule has 8 heteroatoms. The van der Waals surface area contributed by atoms with Gasteiger partial charge in [-0.05, 0) is 12.8 Å². The van der Waals surface area contributed by atoms with Crippen LogP contribution in [0.5, 0.6) is 0 Å². The molecule has 0 aromatic heterocycles. The lowest BCUT2D eigenvalue weighted by atomic mass is 10.1. The van der Waals surface area contributed by atoms with Crippen LogP contribution in [0.15, 0.2) is 48.0 Å². The molecule has 1 N–H and O–H groups in total. The summed E-state index contributed by atoms with van der Waals surface area (Å²) >= 11 is 0. The van der Waals surface area contributed by atoms with Gasteiger partial charge in [-0.25, -0.2) is 4.99 Å². The van der Waals surface area contributed by atoms with Gasteiger partial charge >= 0.3 is 11.8 Å². The molecule has 1 heterocycles. The highest BCUT2D eigenvalue weighted by Crippen LogP contribution is 2.40. The maximum absolute atomic E-state index is 13.8. The summed E-state index contributed by atoms with van der Waals surface area (Å²) in [6.07, 6.45) is -2.73. The van der Waals surface area contributed by atoms with Gasteiger partial charge in [0.15, 0.2) is 0 Å². The number of hydrogen-bond acceptors (Lipinski definition) is 3. The van der Waals surface area contributed by atoms with Crippen molar-refractivity contribution in [2.24, 2.45) is 10.9 Å². The van der Waals surface area contributed by atoms with Crippen LogP contribution in [0.2, 0.25) is 0 Å². The van der Waals surface area contributed by atoms with Gasteiger partial charge in [-0.2, -0.15) is 13.2 Å². The molecule has 1 atom stereocenters. The van der Waals surface area contributed by atoms with Gasteiger partial charge in [-0.15, -0.1) is 6.58 Å². The standard InChI is InChI=1S/C17H16F3N3O2/c1-2-10-23-13(11-6-4-3-5-7-11)21-16(15(23)25,17(18,19)20)22-14(24)12-8-9-12/h2-7,12H,1,8-10H2,(H,22,24). The number of alkyl halides is 3. The van der Waals surface area contributed by atoms with Crippen molar-refractivity contribution in [3.05, 3.63) is 48.6 Å². The van der Waals surface area contributed by atoms with Crippen molar-refractivity contribution in [3.63, 3.8) is 0 Å². The van der Waals surface area contributed by atoms with Crippen molar-refractivity contribution in [1.82, 2.24) is 10.2 Å². The molecule has 1 unspecified atom stereocenters. The Morgan fingerprint density at radius 1 is 1.36 bits per heavy atom. The van der Waals surface area contributed by atoms with Gasteiger partial charge in [-0.1, -0.05) is 36.4 Å². The number of halogens is 3. The molecular weight excluding hydrogens is 335 g/mol. The van der Waals surface area contributed by atoms with E-state index in [1.54, 1.807) is 30.3 Å². The average Bonchev–Trinajstić information content (AvgIpc) is 3.37. The Bertz CT molecular complexity index is 741. The fourth-order valence-electron chi connectivity index (χ4n) is 2.63. The van der Waals surface area contributed by atoms with Crippen molar-refractivity contribution >= 4 is 17.6 Å². The van der Waals surface area contributed by atoms with Crippen molar-refractivity contribution in [3.8, 4) is 0 Å². The highest BCUT2D eigenvalue weighted by molar-refractivity contribution is 6.16. The van der Waals surface area contributed by atoms with Crippen molar-refractivity contribution in [2.45, 2.75) is 24.7 Å². The number of nitrogens with one attached hydrogen (secondary N) is 1. The highest BCUT2D eigenvalue weighted by Gasteiger charge is 2.67. The van der Waals surface area contributed by atoms with Crippen LogP contribution >= 0.6 is 0 Å².